The van der Waals surface area contributed by atoms with E-state index in [2.05, 4.69) is 20.9 Å². The largest absolute Gasteiger partial charge is 0.467 e. The number of nitrogens with zero attached hydrogens (tertiary/aromatic N) is 2. The van der Waals surface area contributed by atoms with Gasteiger partial charge in [-0.15, -0.1) is 0 Å². The van der Waals surface area contributed by atoms with Gasteiger partial charge in [0.05, 0.1) is 18.9 Å². The van der Waals surface area contributed by atoms with E-state index >= 15 is 0 Å². The summed E-state index contributed by atoms with van der Waals surface area (Å²) in [6.45, 7) is 5.31. The Kier molecular flexibility index (Phi) is 8.77. The Morgan fingerprint density at radius 1 is 1.00 bits per heavy atom. The first-order valence-corrected chi connectivity index (χ1v) is 15.5. The second-order valence-electron chi connectivity index (χ2n) is 14.1. The molecule has 1 heterocycles. The minimum absolute atomic E-state index is 0.158. The van der Waals surface area contributed by atoms with Crippen molar-refractivity contribution >= 4 is 23.9 Å². The van der Waals surface area contributed by atoms with Crippen molar-refractivity contribution in [2.75, 3.05) is 7.11 Å². The Hall–Kier alpha value is -3.89. The molecule has 2 aromatic rings. The van der Waals surface area contributed by atoms with Crippen LogP contribution in [-0.4, -0.2) is 63.8 Å². The molecule has 44 heavy (non-hydrogen) atoms. The summed E-state index contributed by atoms with van der Waals surface area (Å²) < 4.78 is 12.3. The lowest BCUT2D eigenvalue weighted by Gasteiger charge is -2.61. The van der Waals surface area contributed by atoms with Crippen LogP contribution in [0.2, 0.25) is 0 Å². The number of rotatable bonds is 10. The van der Waals surface area contributed by atoms with Crippen LogP contribution in [0.15, 0.2) is 42.9 Å². The Labute approximate surface area is 258 Å². The molecular formula is C33H45N5O6. The van der Waals surface area contributed by atoms with E-state index in [1.807, 2.05) is 41.9 Å². The Balaban J connectivity index is 1.34. The number of hydrogen-bond donors (Lipinski definition) is 3. The number of hydrogen-bond acceptors (Lipinski definition) is 7. The number of carbonyl (C=O) groups excluding carboxylic acids is 4. The van der Waals surface area contributed by atoms with E-state index in [9.17, 15) is 19.2 Å². The van der Waals surface area contributed by atoms with Gasteiger partial charge in [0.25, 0.3) is 0 Å². The van der Waals surface area contributed by atoms with Gasteiger partial charge in [-0.25, -0.2) is 14.6 Å². The van der Waals surface area contributed by atoms with Gasteiger partial charge in [-0.3, -0.25) is 9.59 Å². The number of amides is 3. The maximum absolute atomic E-state index is 14.1. The molecule has 3 amide bonds. The first-order valence-electron chi connectivity index (χ1n) is 15.5. The van der Waals surface area contributed by atoms with Crippen molar-refractivity contribution in [1.29, 1.82) is 0 Å². The summed E-state index contributed by atoms with van der Waals surface area (Å²) in [7, 11) is 3.17. The third kappa shape index (κ3) is 7.08. The molecular weight excluding hydrogens is 562 g/mol. The molecule has 0 radical (unpaired) electrons. The van der Waals surface area contributed by atoms with Crippen LogP contribution in [0.3, 0.4) is 0 Å². The molecule has 4 saturated carbocycles. The van der Waals surface area contributed by atoms with Crippen LogP contribution < -0.4 is 16.0 Å². The van der Waals surface area contributed by atoms with E-state index in [4.69, 9.17) is 9.47 Å². The van der Waals surface area contributed by atoms with Crippen LogP contribution in [0, 0.1) is 17.3 Å². The van der Waals surface area contributed by atoms with Crippen molar-refractivity contribution in [3.8, 4) is 0 Å². The number of esters is 1. The van der Waals surface area contributed by atoms with E-state index in [-0.39, 0.29) is 30.1 Å². The van der Waals surface area contributed by atoms with Crippen LogP contribution in [0.5, 0.6) is 0 Å². The number of aryl methyl sites for hydroxylation is 1. The number of nitrogens with one attached hydrogen (secondary N) is 3. The molecule has 1 aromatic carbocycles. The molecule has 4 aliphatic rings. The van der Waals surface area contributed by atoms with Gasteiger partial charge in [0.15, 0.2) is 0 Å². The van der Waals surface area contributed by atoms with E-state index in [1.54, 1.807) is 33.3 Å². The van der Waals surface area contributed by atoms with Gasteiger partial charge in [-0.1, -0.05) is 30.3 Å². The molecule has 3 N–H and O–H groups in total. The first kappa shape index (κ1) is 31.5. The van der Waals surface area contributed by atoms with Gasteiger partial charge in [0, 0.05) is 37.3 Å². The lowest BCUT2D eigenvalue weighted by molar-refractivity contribution is -0.157. The molecule has 1 aromatic heterocycles. The van der Waals surface area contributed by atoms with Crippen molar-refractivity contribution < 1.29 is 28.7 Å². The van der Waals surface area contributed by atoms with Gasteiger partial charge < -0.3 is 30.0 Å². The van der Waals surface area contributed by atoms with Crippen LogP contribution in [0.4, 0.5) is 4.79 Å². The summed E-state index contributed by atoms with van der Waals surface area (Å²) in [6, 6.07) is 7.84. The molecule has 0 spiro atoms. The molecule has 11 nitrogen and oxygen atoms in total. The molecule has 11 heteroatoms. The standard InChI is InChI=1S/C33H45N5O6/c1-31(2,3)44-30(42)36-25(13-24-18-34-20-38(24)4)27(39)37-33-16-22-11-23(17-33)15-32(14-22,19-33)29(41)35-26(28(40)43-5)12-21-9-7-6-8-10-21/h6-10,18,20,22-23,25-26H,11-17,19H2,1-5H3,(H,35,41)(H,36,42)(H,37,39)/t22-,23+,25-,26-,32?,33?/m0/s1. The molecule has 0 saturated heterocycles. The SMILES string of the molecule is COC(=O)[C@H](Cc1ccccc1)NC(=O)C12C[C@@H]3C[C@@H](CC(NC(=O)[C@H](Cc4cncn4C)NC(=O)OC(C)(C)C)(C3)C1)C2. The van der Waals surface area contributed by atoms with Gasteiger partial charge in [0.2, 0.25) is 11.8 Å². The summed E-state index contributed by atoms with van der Waals surface area (Å²) in [6.07, 6.45) is 7.72. The molecule has 2 unspecified atom stereocenters. The van der Waals surface area contributed by atoms with E-state index < -0.39 is 40.7 Å². The van der Waals surface area contributed by atoms with Gasteiger partial charge in [-0.2, -0.15) is 0 Å². The molecule has 0 aliphatic heterocycles. The fourth-order valence-electron chi connectivity index (χ4n) is 7.97. The van der Waals surface area contributed by atoms with Crippen LogP contribution >= 0.6 is 0 Å². The van der Waals surface area contributed by atoms with Crippen molar-refractivity contribution in [2.24, 2.45) is 24.3 Å². The van der Waals surface area contributed by atoms with Crippen molar-refractivity contribution in [1.82, 2.24) is 25.5 Å². The zero-order valence-electron chi connectivity index (χ0n) is 26.4. The summed E-state index contributed by atoms with van der Waals surface area (Å²) >= 11 is 0. The summed E-state index contributed by atoms with van der Waals surface area (Å²) in [4.78, 5) is 57.8. The zero-order chi connectivity index (χ0) is 31.7. The number of benzene rings is 1. The maximum Gasteiger partial charge on any atom is 0.408 e. The van der Waals surface area contributed by atoms with Crippen LogP contribution in [0.1, 0.15) is 70.6 Å². The van der Waals surface area contributed by atoms with Gasteiger partial charge in [0.1, 0.15) is 17.7 Å². The van der Waals surface area contributed by atoms with Crippen LogP contribution in [-0.2, 0) is 43.7 Å². The van der Waals surface area contributed by atoms with Gasteiger partial charge >= 0.3 is 12.1 Å². The lowest BCUT2D eigenvalue weighted by atomic mass is 9.46. The third-order valence-electron chi connectivity index (χ3n) is 9.34. The fourth-order valence-corrected chi connectivity index (χ4v) is 7.97. The Bertz CT molecular complexity index is 1370. The predicted octanol–water partition coefficient (Wildman–Crippen LogP) is 3.21. The molecule has 4 aliphatic carbocycles. The first-order chi connectivity index (χ1) is 20.8. The quantitative estimate of drug-likeness (QED) is 0.352. The fraction of sp³-hybridized carbons (Fsp3) is 0.606. The smallest absolute Gasteiger partial charge is 0.408 e. The molecule has 6 rings (SSSR count). The number of aromatic nitrogens is 2. The molecule has 6 atom stereocenters. The maximum atomic E-state index is 14.1. The monoisotopic (exact) mass is 607 g/mol. The minimum Gasteiger partial charge on any atom is -0.467 e. The Morgan fingerprint density at radius 3 is 2.27 bits per heavy atom. The van der Waals surface area contributed by atoms with Gasteiger partial charge in [-0.05, 0) is 76.7 Å². The van der Waals surface area contributed by atoms with Crippen molar-refractivity contribution in [2.45, 2.75) is 95.4 Å². The van der Waals surface area contributed by atoms with Crippen LogP contribution in [0.25, 0.3) is 0 Å². The molecule has 4 fully saturated rings. The number of alkyl carbamates (subject to hydrolysis) is 1. The Morgan fingerprint density at radius 2 is 1.68 bits per heavy atom. The highest BCUT2D eigenvalue weighted by Gasteiger charge is 2.61. The second kappa shape index (κ2) is 12.2. The normalized spacial score (nSPS) is 26.8. The van der Waals surface area contributed by atoms with E-state index in [0.29, 0.717) is 12.8 Å². The predicted molar refractivity (Wildman–Crippen MR) is 162 cm³/mol. The summed E-state index contributed by atoms with van der Waals surface area (Å²) in [5.41, 5.74) is -0.292. The second-order valence-corrected chi connectivity index (χ2v) is 14.1. The lowest BCUT2D eigenvalue weighted by Crippen LogP contribution is -2.68. The summed E-state index contributed by atoms with van der Waals surface area (Å²) in [5, 5.41) is 9.14. The average Bonchev–Trinajstić information content (AvgIpc) is 3.34. The molecule has 4 bridgehead atoms. The number of ether oxygens (including phenoxy) is 2. The number of carbonyl (C=O) groups is 4. The topological polar surface area (TPSA) is 141 Å². The van der Waals surface area contributed by atoms with Crippen molar-refractivity contribution in [3.05, 3.63) is 54.1 Å². The minimum atomic E-state index is -0.896. The summed E-state index contributed by atoms with van der Waals surface area (Å²) in [5.74, 6) is -0.396. The molecule has 238 valence electrons. The van der Waals surface area contributed by atoms with E-state index in [1.165, 1.54) is 7.11 Å². The third-order valence-corrected chi connectivity index (χ3v) is 9.34. The number of methoxy groups -OCH3 is 1. The highest BCUT2D eigenvalue weighted by Crippen LogP contribution is 2.61. The zero-order valence-corrected chi connectivity index (χ0v) is 26.4. The highest BCUT2D eigenvalue weighted by molar-refractivity contribution is 5.90. The van der Waals surface area contributed by atoms with Crippen molar-refractivity contribution in [3.63, 3.8) is 0 Å². The average molecular weight is 608 g/mol. The highest BCUT2D eigenvalue weighted by atomic mass is 16.6. The number of imidazole rings is 1. The van der Waals surface area contributed by atoms with E-state index in [0.717, 1.165) is 43.4 Å².